The van der Waals surface area contributed by atoms with E-state index < -0.39 is 0 Å². The molecule has 2 aromatic heterocycles. The first kappa shape index (κ1) is 12.4. The van der Waals surface area contributed by atoms with Crippen LogP contribution in [0.4, 0.5) is 0 Å². The maximum Gasteiger partial charge on any atom is 0.212 e. The van der Waals surface area contributed by atoms with Gasteiger partial charge in [0.1, 0.15) is 6.33 Å². The lowest BCUT2D eigenvalue weighted by Crippen LogP contribution is -2.10. The third-order valence-corrected chi connectivity index (χ3v) is 4.57. The number of hydrogen-bond acceptors (Lipinski definition) is 3. The quantitative estimate of drug-likeness (QED) is 0.668. The van der Waals surface area contributed by atoms with Gasteiger partial charge in [-0.1, -0.05) is 56.4 Å². The fourth-order valence-electron chi connectivity index (χ4n) is 2.18. The molecule has 2 heterocycles. The van der Waals surface area contributed by atoms with Crippen LogP contribution in [0.1, 0.15) is 32.0 Å². The SMILES string of the molecule is Cc1c(-c2ccc(C(C)(C)C)cc2)sc2ncnn12. The summed E-state index contributed by atoms with van der Waals surface area (Å²) in [5, 5.41) is 4.24. The molecule has 1 aromatic carbocycles. The lowest BCUT2D eigenvalue weighted by molar-refractivity contribution is 0.590. The molecular weight excluding hydrogens is 254 g/mol. The molecule has 0 saturated carbocycles. The highest BCUT2D eigenvalue weighted by atomic mass is 32.1. The predicted molar refractivity (Wildman–Crippen MR) is 79.7 cm³/mol. The van der Waals surface area contributed by atoms with Gasteiger partial charge < -0.3 is 0 Å². The van der Waals surface area contributed by atoms with Crippen molar-refractivity contribution in [2.24, 2.45) is 0 Å². The van der Waals surface area contributed by atoms with Gasteiger partial charge in [-0.3, -0.25) is 0 Å². The molecule has 19 heavy (non-hydrogen) atoms. The van der Waals surface area contributed by atoms with E-state index in [9.17, 15) is 0 Å². The van der Waals surface area contributed by atoms with Crippen molar-refractivity contribution in [1.29, 1.82) is 0 Å². The minimum absolute atomic E-state index is 0.194. The minimum atomic E-state index is 0.194. The number of nitrogens with zero attached hydrogens (tertiary/aromatic N) is 3. The summed E-state index contributed by atoms with van der Waals surface area (Å²) >= 11 is 1.69. The van der Waals surface area contributed by atoms with Gasteiger partial charge in [0, 0.05) is 0 Å². The molecule has 0 amide bonds. The number of aromatic nitrogens is 3. The molecule has 0 aliphatic heterocycles. The summed E-state index contributed by atoms with van der Waals surface area (Å²) < 4.78 is 1.90. The Morgan fingerprint density at radius 3 is 2.37 bits per heavy atom. The zero-order valence-electron chi connectivity index (χ0n) is 11.6. The zero-order valence-corrected chi connectivity index (χ0v) is 12.5. The van der Waals surface area contributed by atoms with E-state index in [-0.39, 0.29) is 5.41 Å². The Hall–Kier alpha value is -1.68. The Bertz CT molecular complexity index is 714. The van der Waals surface area contributed by atoms with Crippen molar-refractivity contribution in [3.05, 3.63) is 41.9 Å². The largest absolute Gasteiger partial charge is 0.212 e. The standard InChI is InChI=1S/C15H17N3S/c1-10-13(19-14-16-9-17-18(10)14)11-5-7-12(8-6-11)15(2,3)4/h5-9H,1-4H3. The van der Waals surface area contributed by atoms with E-state index in [0.717, 1.165) is 10.7 Å². The molecule has 0 spiro atoms. The second kappa shape index (κ2) is 4.17. The number of fused-ring (bicyclic) bond motifs is 1. The number of hydrogen-bond donors (Lipinski definition) is 0. The molecule has 0 aliphatic rings. The summed E-state index contributed by atoms with van der Waals surface area (Å²) in [6, 6.07) is 8.81. The van der Waals surface area contributed by atoms with Crippen molar-refractivity contribution in [3.63, 3.8) is 0 Å². The van der Waals surface area contributed by atoms with Crippen LogP contribution in [0.25, 0.3) is 15.4 Å². The second-order valence-corrected chi connectivity index (χ2v) is 6.78. The highest BCUT2D eigenvalue weighted by Crippen LogP contribution is 2.33. The molecule has 0 saturated heterocycles. The Morgan fingerprint density at radius 2 is 1.79 bits per heavy atom. The van der Waals surface area contributed by atoms with Crippen LogP contribution in [-0.2, 0) is 5.41 Å². The Kier molecular flexibility index (Phi) is 2.71. The van der Waals surface area contributed by atoms with Crippen LogP contribution in [0.15, 0.2) is 30.6 Å². The molecule has 3 aromatic rings. The first-order valence-corrected chi connectivity index (χ1v) is 7.18. The summed E-state index contributed by atoms with van der Waals surface area (Å²) in [7, 11) is 0. The Morgan fingerprint density at radius 1 is 1.11 bits per heavy atom. The fourth-order valence-corrected chi connectivity index (χ4v) is 3.22. The highest BCUT2D eigenvalue weighted by molar-refractivity contribution is 7.20. The molecule has 0 fully saturated rings. The van der Waals surface area contributed by atoms with Crippen LogP contribution in [-0.4, -0.2) is 14.6 Å². The summed E-state index contributed by atoms with van der Waals surface area (Å²) in [5.74, 6) is 0. The molecule has 0 bridgehead atoms. The molecular formula is C15H17N3S. The monoisotopic (exact) mass is 271 g/mol. The van der Waals surface area contributed by atoms with Gasteiger partial charge in [0.15, 0.2) is 0 Å². The smallest absolute Gasteiger partial charge is 0.208 e. The first-order chi connectivity index (χ1) is 8.97. The van der Waals surface area contributed by atoms with E-state index in [1.54, 1.807) is 17.7 Å². The average molecular weight is 271 g/mol. The van der Waals surface area contributed by atoms with Crippen LogP contribution in [0.3, 0.4) is 0 Å². The third kappa shape index (κ3) is 2.06. The van der Waals surface area contributed by atoms with Crippen LogP contribution >= 0.6 is 11.3 Å². The molecule has 3 rings (SSSR count). The Labute approximate surface area is 116 Å². The number of rotatable bonds is 1. The molecule has 0 radical (unpaired) electrons. The number of aryl methyl sites for hydroxylation is 1. The molecule has 4 heteroatoms. The van der Waals surface area contributed by atoms with Gasteiger partial charge in [0.2, 0.25) is 4.96 Å². The third-order valence-electron chi connectivity index (χ3n) is 3.37. The molecule has 0 unspecified atom stereocenters. The van der Waals surface area contributed by atoms with Gasteiger partial charge in [-0.05, 0) is 23.5 Å². The van der Waals surface area contributed by atoms with Crippen molar-refractivity contribution in [2.75, 3.05) is 0 Å². The van der Waals surface area contributed by atoms with Crippen molar-refractivity contribution >= 4 is 16.3 Å². The van der Waals surface area contributed by atoms with E-state index in [4.69, 9.17) is 0 Å². The van der Waals surface area contributed by atoms with Crippen molar-refractivity contribution in [2.45, 2.75) is 33.1 Å². The topological polar surface area (TPSA) is 30.2 Å². The summed E-state index contributed by atoms with van der Waals surface area (Å²) in [4.78, 5) is 6.45. The van der Waals surface area contributed by atoms with E-state index in [1.165, 1.54) is 16.0 Å². The lowest BCUT2D eigenvalue weighted by Gasteiger charge is -2.19. The first-order valence-electron chi connectivity index (χ1n) is 6.37. The maximum atomic E-state index is 4.25. The summed E-state index contributed by atoms with van der Waals surface area (Å²) in [5.41, 5.74) is 3.94. The predicted octanol–water partition coefficient (Wildman–Crippen LogP) is 4.06. The molecule has 0 aliphatic carbocycles. The zero-order chi connectivity index (χ0) is 13.6. The van der Waals surface area contributed by atoms with Gasteiger partial charge in [-0.15, -0.1) is 0 Å². The molecule has 0 atom stereocenters. The van der Waals surface area contributed by atoms with Gasteiger partial charge in [0.05, 0.1) is 10.6 Å². The van der Waals surface area contributed by atoms with Crippen LogP contribution in [0, 0.1) is 6.92 Å². The number of benzene rings is 1. The molecule has 98 valence electrons. The average Bonchev–Trinajstić information content (AvgIpc) is 2.92. The lowest BCUT2D eigenvalue weighted by atomic mass is 9.86. The van der Waals surface area contributed by atoms with Crippen LogP contribution in [0.5, 0.6) is 0 Å². The summed E-state index contributed by atoms with van der Waals surface area (Å²) in [6.07, 6.45) is 1.60. The minimum Gasteiger partial charge on any atom is -0.208 e. The van der Waals surface area contributed by atoms with Gasteiger partial charge in [-0.25, -0.2) is 9.50 Å². The Balaban J connectivity index is 2.07. The highest BCUT2D eigenvalue weighted by Gasteiger charge is 2.15. The maximum absolute atomic E-state index is 4.25. The van der Waals surface area contributed by atoms with Crippen molar-refractivity contribution in [3.8, 4) is 10.4 Å². The summed E-state index contributed by atoms with van der Waals surface area (Å²) in [6.45, 7) is 8.79. The van der Waals surface area contributed by atoms with E-state index in [0.29, 0.717) is 0 Å². The van der Waals surface area contributed by atoms with E-state index in [1.807, 2.05) is 4.52 Å². The van der Waals surface area contributed by atoms with Crippen LogP contribution in [0.2, 0.25) is 0 Å². The van der Waals surface area contributed by atoms with E-state index in [2.05, 4.69) is 62.0 Å². The van der Waals surface area contributed by atoms with E-state index >= 15 is 0 Å². The van der Waals surface area contributed by atoms with Gasteiger partial charge >= 0.3 is 0 Å². The molecule has 0 N–H and O–H groups in total. The number of thiazole rings is 1. The van der Waals surface area contributed by atoms with Crippen molar-refractivity contribution < 1.29 is 0 Å². The van der Waals surface area contributed by atoms with Crippen LogP contribution < -0.4 is 0 Å². The fraction of sp³-hybridized carbons (Fsp3) is 0.333. The van der Waals surface area contributed by atoms with Gasteiger partial charge in [0.25, 0.3) is 0 Å². The van der Waals surface area contributed by atoms with Crippen molar-refractivity contribution in [1.82, 2.24) is 14.6 Å². The molecule has 3 nitrogen and oxygen atoms in total. The second-order valence-electron chi connectivity index (χ2n) is 5.80. The van der Waals surface area contributed by atoms with Gasteiger partial charge in [-0.2, -0.15) is 5.10 Å². The normalized spacial score (nSPS) is 12.2.